The van der Waals surface area contributed by atoms with Crippen LogP contribution in [0.2, 0.25) is 0 Å². The predicted octanol–water partition coefficient (Wildman–Crippen LogP) is 3.66. The Morgan fingerprint density at radius 3 is 1.00 bits per heavy atom. The van der Waals surface area contributed by atoms with Crippen LogP contribution in [-0.4, -0.2) is 148 Å². The largest absolute Gasteiger partial charge is 0.496 e. The minimum atomic E-state index is -1.55. The van der Waals surface area contributed by atoms with E-state index >= 15 is 0 Å². The molecule has 28 nitrogen and oxygen atoms in total. The number of nitrogens with two attached hydrogens (primary N) is 5. The molecule has 4 rings (SSSR count). The van der Waals surface area contributed by atoms with E-state index in [1.807, 2.05) is 0 Å². The summed E-state index contributed by atoms with van der Waals surface area (Å²) in [5, 5.41) is 31.2. The first-order valence-electron chi connectivity index (χ1n) is 30.0. The zero-order valence-corrected chi connectivity index (χ0v) is 52.5. The van der Waals surface area contributed by atoms with Gasteiger partial charge in [0.2, 0.25) is 23.6 Å². The third kappa shape index (κ3) is 23.0. The van der Waals surface area contributed by atoms with Crippen molar-refractivity contribution in [1.82, 2.24) is 21.3 Å². The number of hydrogen-bond acceptors (Lipinski definition) is 19. The minimum Gasteiger partial charge on any atom is -0.496 e. The predicted molar refractivity (Wildman–Crippen MR) is 343 cm³/mol. The lowest BCUT2D eigenvalue weighted by Crippen LogP contribution is -2.51. The second kappa shape index (κ2) is 37.7. The van der Waals surface area contributed by atoms with Crippen molar-refractivity contribution in [3.63, 3.8) is 0 Å². The molecule has 4 aromatic rings. The van der Waals surface area contributed by atoms with E-state index < -0.39 is 95.1 Å². The average Bonchev–Trinajstić information content (AvgIpc) is 1.12. The highest BCUT2D eigenvalue weighted by Gasteiger charge is 2.34. The molecule has 4 aromatic carbocycles. The van der Waals surface area contributed by atoms with Crippen LogP contribution in [0.3, 0.4) is 0 Å². The number of unbranched alkanes of at least 4 members (excludes halogenated alkanes) is 4. The number of rotatable bonds is 40. The number of carbonyl (C=O) groups is 10. The maximum absolute atomic E-state index is 14.3. The number of nitrogens with one attached hydrogen (secondary N) is 8. The maximum atomic E-state index is 14.3. The van der Waals surface area contributed by atoms with Crippen molar-refractivity contribution < 1.29 is 72.0 Å². The van der Waals surface area contributed by atoms with Gasteiger partial charge in [0, 0.05) is 29.2 Å². The number of carboxylic acid groups (broad SMARTS) is 1. The van der Waals surface area contributed by atoms with Crippen molar-refractivity contribution in [3.05, 3.63) is 95.1 Å². The van der Waals surface area contributed by atoms with Gasteiger partial charge in [-0.1, -0.05) is 6.42 Å². The summed E-state index contributed by atoms with van der Waals surface area (Å²) < 4.78 is 21.9. The zero-order valence-electron chi connectivity index (χ0n) is 52.5. The third-order valence-electron chi connectivity index (χ3n) is 14.9. The molecule has 19 N–H and O–H groups in total. The number of ketones is 1. The van der Waals surface area contributed by atoms with Gasteiger partial charge in [0.15, 0.2) is 5.78 Å². The SMILES string of the molecule is COc1ccc(NC(=O)[C@H](CCCCN)NC(=O)c2cc(NC(=O)[C@@H](N)CCCCN)ccc2OC)cc1C(=O)N[C@@H](CCCCN)C(=O)Nc1ccc(OC)c(C(=O)N[C@@H](CCCCN)C(=O)Nc2ccc(OC)c(C(=O)N[C@@](C)(CCC(=O)O)C(C)=O)c2)c1. The fraction of sp³-hybridized carbons (Fsp3) is 0.460. The van der Waals surface area contributed by atoms with Crippen LogP contribution >= 0.6 is 0 Å². The van der Waals surface area contributed by atoms with E-state index in [4.69, 9.17) is 47.6 Å². The van der Waals surface area contributed by atoms with E-state index in [0.29, 0.717) is 77.4 Å². The Hall–Kier alpha value is -9.22. The van der Waals surface area contributed by atoms with Gasteiger partial charge in [-0.2, -0.15) is 0 Å². The number of anilines is 4. The fourth-order valence-corrected chi connectivity index (χ4v) is 9.41. The van der Waals surface area contributed by atoms with Gasteiger partial charge in [0.05, 0.1) is 62.3 Å². The van der Waals surface area contributed by atoms with E-state index in [-0.39, 0.29) is 100 Å². The van der Waals surface area contributed by atoms with Gasteiger partial charge >= 0.3 is 5.97 Å². The summed E-state index contributed by atoms with van der Waals surface area (Å²) >= 11 is 0. The van der Waals surface area contributed by atoms with Crippen LogP contribution in [0, 0.1) is 0 Å². The topological polar surface area (TPSA) is 454 Å². The van der Waals surface area contributed by atoms with Crippen LogP contribution in [0.25, 0.3) is 0 Å². The summed E-state index contributed by atoms with van der Waals surface area (Å²) in [6.07, 6.45) is 4.31. The smallest absolute Gasteiger partial charge is 0.303 e. The molecule has 0 radical (unpaired) electrons. The second-order valence-electron chi connectivity index (χ2n) is 21.7. The number of ether oxygens (including phenoxy) is 4. The summed E-state index contributed by atoms with van der Waals surface area (Å²) in [5.41, 5.74) is 27.9. The summed E-state index contributed by atoms with van der Waals surface area (Å²) in [5.74, 6) is -6.75. The average molecular weight is 1270 g/mol. The minimum absolute atomic E-state index is 0.0193. The summed E-state index contributed by atoms with van der Waals surface area (Å²) in [7, 11) is 5.34. The van der Waals surface area contributed by atoms with E-state index in [9.17, 15) is 53.1 Å². The molecule has 0 aliphatic rings. The Morgan fingerprint density at radius 2 is 0.725 bits per heavy atom. The fourth-order valence-electron chi connectivity index (χ4n) is 9.41. The molecule has 496 valence electrons. The molecule has 0 aliphatic carbocycles. The molecule has 0 spiro atoms. The van der Waals surface area contributed by atoms with Gasteiger partial charge < -0.3 is 95.3 Å². The zero-order chi connectivity index (χ0) is 67.2. The van der Waals surface area contributed by atoms with Gasteiger partial charge in [-0.3, -0.25) is 47.9 Å². The standard InChI is InChI=1S/C63H89N13O15/c1-37(77)63(2,28-27-54(78)79)76-58(83)45-36-41(22-26-53(45)91-6)72-62(87)49(18-10-14-32-67)75-57(82)44-35-40(21-25-52(44)90-5)71-61(86)48(17-9-13-31-66)74-56(81)43-34-39(20-24-51(43)89-4)70-60(85)47(16-8-12-30-65)73-55(80)42-33-38(19-23-50(42)88-3)69-59(84)46(68)15-7-11-29-64/h19-26,33-36,46-49H,7-18,27-32,64-68H2,1-6H3,(H,69,84)(H,70,85)(H,71,86)(H,72,87)(H,73,80)(H,74,81)(H,75,82)(H,76,83)(H,78,79)/t46-,47-,48-,49-,63-/m0/s1. The number of aliphatic carboxylic acids is 1. The molecule has 28 heteroatoms. The lowest BCUT2D eigenvalue weighted by molar-refractivity contribution is -0.137. The first-order chi connectivity index (χ1) is 43.5. The molecular formula is C63H89N13O15. The maximum Gasteiger partial charge on any atom is 0.303 e. The van der Waals surface area contributed by atoms with Crippen LogP contribution < -0.4 is 90.2 Å². The van der Waals surface area contributed by atoms with Crippen LogP contribution in [0.5, 0.6) is 23.0 Å². The van der Waals surface area contributed by atoms with Gasteiger partial charge in [-0.15, -0.1) is 0 Å². The molecule has 0 heterocycles. The number of Topliss-reactive ketones (excluding diaryl/α,β-unsaturated/α-hetero) is 1. The quantitative estimate of drug-likeness (QED) is 0.0283. The Morgan fingerprint density at radius 1 is 0.440 bits per heavy atom. The van der Waals surface area contributed by atoms with Gasteiger partial charge in [-0.05, 0) is 190 Å². The van der Waals surface area contributed by atoms with Crippen molar-refractivity contribution in [2.24, 2.45) is 28.7 Å². The van der Waals surface area contributed by atoms with Crippen LogP contribution in [-0.2, 0) is 28.8 Å². The Balaban J connectivity index is 1.56. The van der Waals surface area contributed by atoms with E-state index in [2.05, 4.69) is 42.5 Å². The third-order valence-corrected chi connectivity index (χ3v) is 14.9. The number of benzene rings is 4. The molecule has 0 saturated heterocycles. The number of hydrogen-bond donors (Lipinski definition) is 14. The van der Waals surface area contributed by atoms with Crippen molar-refractivity contribution in [2.45, 2.75) is 133 Å². The molecule has 0 aliphatic heterocycles. The number of amides is 8. The number of methoxy groups -OCH3 is 4. The van der Waals surface area contributed by atoms with Crippen molar-refractivity contribution in [2.75, 3.05) is 75.9 Å². The Bertz CT molecular complexity index is 3180. The van der Waals surface area contributed by atoms with E-state index in [1.165, 1.54) is 109 Å². The molecule has 8 amide bonds. The molecule has 0 saturated carbocycles. The lowest BCUT2D eigenvalue weighted by atomic mass is 9.91. The molecule has 91 heavy (non-hydrogen) atoms. The molecule has 0 fully saturated rings. The van der Waals surface area contributed by atoms with Crippen molar-refractivity contribution in [3.8, 4) is 23.0 Å². The Labute approximate surface area is 529 Å². The van der Waals surface area contributed by atoms with Crippen LogP contribution in [0.4, 0.5) is 22.7 Å². The van der Waals surface area contributed by atoms with Gasteiger partial charge in [0.25, 0.3) is 23.6 Å². The highest BCUT2D eigenvalue weighted by atomic mass is 16.5. The van der Waals surface area contributed by atoms with Crippen LogP contribution in [0.1, 0.15) is 145 Å². The first-order valence-corrected chi connectivity index (χ1v) is 30.0. The molecule has 5 atom stereocenters. The van der Waals surface area contributed by atoms with Crippen LogP contribution in [0.15, 0.2) is 72.8 Å². The van der Waals surface area contributed by atoms with E-state index in [1.54, 1.807) is 6.07 Å². The summed E-state index contributed by atoms with van der Waals surface area (Å²) in [4.78, 5) is 136. The highest BCUT2D eigenvalue weighted by Crippen LogP contribution is 2.29. The van der Waals surface area contributed by atoms with Crippen molar-refractivity contribution >= 4 is 81.8 Å². The first kappa shape index (κ1) is 74.2. The van der Waals surface area contributed by atoms with Crippen molar-refractivity contribution in [1.29, 1.82) is 0 Å². The second-order valence-corrected chi connectivity index (χ2v) is 21.7. The summed E-state index contributed by atoms with van der Waals surface area (Å²) in [6.45, 7) is 3.99. The molecule has 0 unspecified atom stereocenters. The lowest BCUT2D eigenvalue weighted by Gasteiger charge is -2.28. The number of carbonyl (C=O) groups excluding carboxylic acids is 9. The number of carboxylic acids is 1. The normalized spacial score (nSPS) is 12.9. The Kier molecular flexibility index (Phi) is 30.8. The van der Waals surface area contributed by atoms with Gasteiger partial charge in [0.1, 0.15) is 41.1 Å². The molecule has 0 bridgehead atoms. The summed E-state index contributed by atoms with van der Waals surface area (Å²) in [6, 6.07) is 12.8. The highest BCUT2D eigenvalue weighted by molar-refractivity contribution is 6.08. The van der Waals surface area contributed by atoms with Gasteiger partial charge in [-0.25, -0.2) is 0 Å². The molecular weight excluding hydrogens is 1180 g/mol. The van der Waals surface area contributed by atoms with E-state index in [0.717, 1.165) is 0 Å². The monoisotopic (exact) mass is 1270 g/mol. The molecule has 0 aromatic heterocycles.